The number of anilines is 1. The average molecular weight is 270 g/mol. The zero-order chi connectivity index (χ0) is 13.2. The minimum Gasteiger partial charge on any atom is -0.352 e. The van der Waals surface area contributed by atoms with E-state index in [1.54, 1.807) is 12.1 Å². The molecule has 0 saturated heterocycles. The van der Waals surface area contributed by atoms with Crippen LogP contribution in [-0.2, 0) is 13.0 Å². The molecule has 1 aliphatic rings. The van der Waals surface area contributed by atoms with Crippen LogP contribution >= 0.6 is 11.6 Å². The normalized spacial score (nSPS) is 13.8. The van der Waals surface area contributed by atoms with Crippen molar-refractivity contribution in [3.8, 4) is 6.07 Å². The number of pyridine rings is 1. The van der Waals surface area contributed by atoms with Gasteiger partial charge in [0.2, 0.25) is 0 Å². The minimum absolute atomic E-state index is 0.368. The summed E-state index contributed by atoms with van der Waals surface area (Å²) < 4.78 is 0. The van der Waals surface area contributed by atoms with Crippen LogP contribution in [0.3, 0.4) is 0 Å². The Morgan fingerprint density at radius 3 is 2.79 bits per heavy atom. The van der Waals surface area contributed by atoms with Crippen LogP contribution in [0.5, 0.6) is 0 Å². The van der Waals surface area contributed by atoms with Gasteiger partial charge in [0.15, 0.2) is 0 Å². The molecule has 0 radical (unpaired) electrons. The van der Waals surface area contributed by atoms with E-state index in [1.165, 1.54) is 11.1 Å². The zero-order valence-corrected chi connectivity index (χ0v) is 11.1. The van der Waals surface area contributed by atoms with E-state index < -0.39 is 0 Å². The minimum atomic E-state index is 0.368. The second-order valence-electron chi connectivity index (χ2n) is 4.59. The quantitative estimate of drug-likeness (QED) is 0.747. The lowest BCUT2D eigenvalue weighted by Crippen LogP contribution is -2.31. The molecule has 0 N–H and O–H groups in total. The number of nitrogens with zero attached hydrogens (tertiary/aromatic N) is 3. The van der Waals surface area contributed by atoms with Gasteiger partial charge < -0.3 is 4.90 Å². The van der Waals surface area contributed by atoms with Crippen molar-refractivity contribution < 1.29 is 0 Å². The zero-order valence-electron chi connectivity index (χ0n) is 10.3. The molecule has 0 unspecified atom stereocenters. The Kier molecular flexibility index (Phi) is 3.10. The number of hydrogen-bond donors (Lipinski definition) is 0. The highest BCUT2D eigenvalue weighted by molar-refractivity contribution is 6.29. The highest BCUT2D eigenvalue weighted by Gasteiger charge is 2.17. The summed E-state index contributed by atoms with van der Waals surface area (Å²) in [5.74, 6) is 0.776. The van der Waals surface area contributed by atoms with Gasteiger partial charge in [0.05, 0.1) is 11.6 Å². The molecular formula is C15H12ClN3. The third-order valence-electron chi connectivity index (χ3n) is 3.36. The van der Waals surface area contributed by atoms with Gasteiger partial charge in [-0.25, -0.2) is 4.98 Å². The summed E-state index contributed by atoms with van der Waals surface area (Å²) in [5.41, 5.74) is 3.25. The molecule has 3 rings (SSSR count). The first-order valence-electron chi connectivity index (χ1n) is 6.16. The van der Waals surface area contributed by atoms with Crippen molar-refractivity contribution in [1.29, 1.82) is 5.26 Å². The lowest BCUT2D eigenvalue weighted by molar-refractivity contribution is 0.721. The maximum absolute atomic E-state index is 8.99. The van der Waals surface area contributed by atoms with Gasteiger partial charge in [-0.15, -0.1) is 0 Å². The molecule has 1 aromatic heterocycles. The van der Waals surface area contributed by atoms with E-state index in [2.05, 4.69) is 40.2 Å². The second kappa shape index (κ2) is 4.91. The molecular weight excluding hydrogens is 258 g/mol. The Balaban J connectivity index is 1.93. The first kappa shape index (κ1) is 12.0. The van der Waals surface area contributed by atoms with E-state index in [0.29, 0.717) is 10.7 Å². The van der Waals surface area contributed by atoms with Crippen LogP contribution in [0.1, 0.15) is 16.7 Å². The smallest absolute Gasteiger partial charge is 0.132 e. The summed E-state index contributed by atoms with van der Waals surface area (Å²) in [4.78, 5) is 6.48. The van der Waals surface area contributed by atoms with E-state index in [0.717, 1.165) is 25.3 Å². The highest BCUT2D eigenvalue weighted by Crippen LogP contribution is 2.25. The molecule has 0 bridgehead atoms. The fourth-order valence-electron chi connectivity index (χ4n) is 2.40. The van der Waals surface area contributed by atoms with E-state index in [1.807, 2.05) is 0 Å². The molecule has 0 spiro atoms. The summed E-state index contributed by atoms with van der Waals surface area (Å²) in [7, 11) is 0. The van der Waals surface area contributed by atoms with E-state index in [4.69, 9.17) is 16.9 Å². The Hall–Kier alpha value is -2.05. The van der Waals surface area contributed by atoms with Crippen molar-refractivity contribution in [1.82, 2.24) is 4.98 Å². The average Bonchev–Trinajstić information content (AvgIpc) is 2.46. The molecule has 0 aliphatic carbocycles. The highest BCUT2D eigenvalue weighted by atomic mass is 35.5. The van der Waals surface area contributed by atoms with Gasteiger partial charge in [-0.1, -0.05) is 35.9 Å². The van der Waals surface area contributed by atoms with Gasteiger partial charge in [-0.05, 0) is 29.7 Å². The molecule has 94 valence electrons. The van der Waals surface area contributed by atoms with Crippen LogP contribution in [0.4, 0.5) is 5.82 Å². The molecule has 2 aromatic rings. The number of rotatable bonds is 1. The van der Waals surface area contributed by atoms with Crippen molar-refractivity contribution in [3.05, 3.63) is 58.2 Å². The maximum Gasteiger partial charge on any atom is 0.132 e. The van der Waals surface area contributed by atoms with Crippen molar-refractivity contribution in [2.75, 3.05) is 11.4 Å². The molecule has 1 aliphatic heterocycles. The van der Waals surface area contributed by atoms with Gasteiger partial charge in [-0.2, -0.15) is 5.26 Å². The maximum atomic E-state index is 8.99. The van der Waals surface area contributed by atoms with Gasteiger partial charge in [0.1, 0.15) is 11.0 Å². The molecule has 0 fully saturated rings. The van der Waals surface area contributed by atoms with E-state index in [9.17, 15) is 0 Å². The summed E-state index contributed by atoms with van der Waals surface area (Å²) in [6.07, 6.45) is 0.992. The standard InChI is InChI=1S/C15H12ClN3/c16-14-7-11(9-17)8-15(18-14)19-6-5-12-3-1-2-4-13(12)10-19/h1-4,7-8H,5-6,10H2. The Bertz CT molecular complexity index is 661. The molecule has 4 heteroatoms. The first-order valence-corrected chi connectivity index (χ1v) is 6.53. The third-order valence-corrected chi connectivity index (χ3v) is 3.56. The van der Waals surface area contributed by atoms with Gasteiger partial charge in [0, 0.05) is 13.1 Å². The molecule has 3 nitrogen and oxygen atoms in total. The summed E-state index contributed by atoms with van der Waals surface area (Å²) in [5, 5.41) is 9.36. The van der Waals surface area contributed by atoms with Crippen molar-refractivity contribution in [2.45, 2.75) is 13.0 Å². The number of fused-ring (bicyclic) bond motifs is 1. The van der Waals surface area contributed by atoms with Gasteiger partial charge >= 0.3 is 0 Å². The Morgan fingerprint density at radius 1 is 1.21 bits per heavy atom. The topological polar surface area (TPSA) is 39.9 Å². The van der Waals surface area contributed by atoms with Crippen molar-refractivity contribution >= 4 is 17.4 Å². The number of aromatic nitrogens is 1. The Morgan fingerprint density at radius 2 is 2.00 bits per heavy atom. The molecule has 1 aromatic carbocycles. The van der Waals surface area contributed by atoms with Crippen LogP contribution < -0.4 is 4.90 Å². The van der Waals surface area contributed by atoms with E-state index in [-0.39, 0.29) is 0 Å². The van der Waals surface area contributed by atoms with Crippen LogP contribution in [0.2, 0.25) is 5.15 Å². The molecule has 2 heterocycles. The SMILES string of the molecule is N#Cc1cc(Cl)nc(N2CCc3ccccc3C2)c1. The van der Waals surface area contributed by atoms with Crippen LogP contribution in [0.25, 0.3) is 0 Å². The summed E-state index contributed by atoms with van der Waals surface area (Å²) >= 11 is 5.96. The summed E-state index contributed by atoms with van der Waals surface area (Å²) in [6, 6.07) is 13.9. The van der Waals surface area contributed by atoms with Crippen molar-refractivity contribution in [3.63, 3.8) is 0 Å². The van der Waals surface area contributed by atoms with Gasteiger partial charge in [-0.3, -0.25) is 0 Å². The van der Waals surface area contributed by atoms with Crippen LogP contribution in [-0.4, -0.2) is 11.5 Å². The largest absolute Gasteiger partial charge is 0.352 e. The number of benzene rings is 1. The van der Waals surface area contributed by atoms with Crippen molar-refractivity contribution in [2.24, 2.45) is 0 Å². The fraction of sp³-hybridized carbons (Fsp3) is 0.200. The number of halogens is 1. The number of hydrogen-bond acceptors (Lipinski definition) is 3. The van der Waals surface area contributed by atoms with Gasteiger partial charge in [0.25, 0.3) is 0 Å². The second-order valence-corrected chi connectivity index (χ2v) is 4.98. The van der Waals surface area contributed by atoms with E-state index >= 15 is 0 Å². The lowest BCUT2D eigenvalue weighted by atomic mass is 10.00. The molecule has 19 heavy (non-hydrogen) atoms. The Labute approximate surface area is 117 Å². The number of nitriles is 1. The van der Waals surface area contributed by atoms with Crippen LogP contribution in [0.15, 0.2) is 36.4 Å². The summed E-state index contributed by atoms with van der Waals surface area (Å²) in [6.45, 7) is 1.71. The lowest BCUT2D eigenvalue weighted by Gasteiger charge is -2.29. The predicted molar refractivity (Wildman–Crippen MR) is 75.2 cm³/mol. The predicted octanol–water partition coefficient (Wildman–Crippen LogP) is 3.17. The van der Waals surface area contributed by atoms with Crippen LogP contribution in [0, 0.1) is 11.3 Å². The molecule has 0 saturated carbocycles. The first-order chi connectivity index (χ1) is 9.26. The molecule has 0 amide bonds. The monoisotopic (exact) mass is 269 g/mol. The third kappa shape index (κ3) is 2.40. The molecule has 0 atom stereocenters. The fourth-order valence-corrected chi connectivity index (χ4v) is 2.61.